The molecule has 7 nitrogen and oxygen atoms in total. The first kappa shape index (κ1) is 20.0. The third-order valence-corrected chi connectivity index (χ3v) is 5.29. The van der Waals surface area contributed by atoms with Crippen molar-refractivity contribution in [3.05, 3.63) is 80.2 Å². The Morgan fingerprint density at radius 2 is 1.90 bits per heavy atom. The van der Waals surface area contributed by atoms with Crippen molar-refractivity contribution in [2.45, 2.75) is 26.0 Å². The third-order valence-electron chi connectivity index (χ3n) is 5.29. The molecule has 8 heteroatoms. The Morgan fingerprint density at radius 3 is 2.60 bits per heavy atom. The summed E-state index contributed by atoms with van der Waals surface area (Å²) < 4.78 is 20.1. The largest absolute Gasteiger partial charge is 0.370 e. The van der Waals surface area contributed by atoms with Gasteiger partial charge in [0, 0.05) is 18.2 Å². The van der Waals surface area contributed by atoms with Gasteiger partial charge in [-0.15, -0.1) is 0 Å². The second-order valence-electron chi connectivity index (χ2n) is 7.62. The number of morpholine rings is 1. The van der Waals surface area contributed by atoms with Gasteiger partial charge in [0.15, 0.2) is 0 Å². The van der Waals surface area contributed by atoms with Crippen LogP contribution in [0.1, 0.15) is 41.9 Å². The Labute approximate surface area is 171 Å². The Balaban J connectivity index is 1.62. The van der Waals surface area contributed by atoms with Gasteiger partial charge in [-0.2, -0.15) is 0 Å². The van der Waals surface area contributed by atoms with Crippen molar-refractivity contribution in [2.24, 2.45) is 0 Å². The van der Waals surface area contributed by atoms with Crippen molar-refractivity contribution in [1.29, 1.82) is 0 Å². The number of fused-ring (bicyclic) bond motifs is 1. The molecule has 1 atom stereocenters. The molecule has 4 rings (SSSR count). The van der Waals surface area contributed by atoms with E-state index in [0.29, 0.717) is 36.2 Å². The normalized spacial score (nSPS) is 16.9. The molecule has 1 amide bonds. The number of halogens is 1. The molecule has 0 saturated carbocycles. The van der Waals surface area contributed by atoms with Crippen LogP contribution in [0.15, 0.2) is 52.1 Å². The lowest BCUT2D eigenvalue weighted by molar-refractivity contribution is -0.0228. The molecule has 30 heavy (non-hydrogen) atoms. The van der Waals surface area contributed by atoms with Crippen LogP contribution in [0.5, 0.6) is 0 Å². The number of ether oxygens (including phenoxy) is 1. The lowest BCUT2D eigenvalue weighted by Gasteiger charge is -2.33. The van der Waals surface area contributed by atoms with Gasteiger partial charge in [0.25, 0.3) is 11.5 Å². The van der Waals surface area contributed by atoms with E-state index in [4.69, 9.17) is 4.74 Å². The van der Waals surface area contributed by atoms with Crippen LogP contribution in [0, 0.1) is 5.82 Å². The van der Waals surface area contributed by atoms with Crippen LogP contribution in [0.3, 0.4) is 0 Å². The monoisotopic (exact) mass is 411 g/mol. The van der Waals surface area contributed by atoms with Crippen LogP contribution >= 0.6 is 0 Å². The lowest BCUT2D eigenvalue weighted by Crippen LogP contribution is -2.42. The van der Waals surface area contributed by atoms with E-state index in [0.717, 1.165) is 10.1 Å². The highest BCUT2D eigenvalue weighted by atomic mass is 19.1. The molecule has 1 saturated heterocycles. The molecule has 0 aliphatic carbocycles. The predicted molar refractivity (Wildman–Crippen MR) is 110 cm³/mol. The molecule has 156 valence electrons. The van der Waals surface area contributed by atoms with E-state index in [1.165, 1.54) is 18.2 Å². The minimum absolute atomic E-state index is 0.221. The summed E-state index contributed by atoms with van der Waals surface area (Å²) >= 11 is 0. The first-order chi connectivity index (χ1) is 14.3. The molecule has 2 heterocycles. The van der Waals surface area contributed by atoms with Crippen LogP contribution in [-0.4, -0.2) is 40.1 Å². The van der Waals surface area contributed by atoms with Crippen LogP contribution in [0.2, 0.25) is 0 Å². The highest BCUT2D eigenvalue weighted by molar-refractivity contribution is 5.97. The van der Waals surface area contributed by atoms with Gasteiger partial charge >= 0.3 is 5.69 Å². The lowest BCUT2D eigenvalue weighted by atomic mass is 10.1. The number of aromatic amines is 1. The molecule has 1 aliphatic rings. The van der Waals surface area contributed by atoms with Gasteiger partial charge in [0.2, 0.25) is 0 Å². The molecule has 1 aromatic heterocycles. The quantitative estimate of drug-likeness (QED) is 0.718. The van der Waals surface area contributed by atoms with Crippen molar-refractivity contribution in [3.8, 4) is 0 Å². The maximum absolute atomic E-state index is 13.2. The molecule has 0 spiro atoms. The predicted octanol–water partition coefficient (Wildman–Crippen LogP) is 2.62. The summed E-state index contributed by atoms with van der Waals surface area (Å²) in [5.41, 5.74) is 0.613. The number of aromatic nitrogens is 2. The second-order valence-corrected chi connectivity index (χ2v) is 7.62. The van der Waals surface area contributed by atoms with Crippen LogP contribution < -0.4 is 11.2 Å². The van der Waals surface area contributed by atoms with Crippen LogP contribution in [-0.2, 0) is 4.74 Å². The zero-order valence-corrected chi connectivity index (χ0v) is 16.7. The van der Waals surface area contributed by atoms with E-state index in [2.05, 4.69) is 4.98 Å². The van der Waals surface area contributed by atoms with Crippen molar-refractivity contribution < 1.29 is 13.9 Å². The van der Waals surface area contributed by atoms with Crippen molar-refractivity contribution in [3.63, 3.8) is 0 Å². The molecule has 1 fully saturated rings. The zero-order chi connectivity index (χ0) is 21.4. The number of nitrogens with one attached hydrogen (secondary N) is 1. The zero-order valence-electron chi connectivity index (χ0n) is 16.7. The summed E-state index contributed by atoms with van der Waals surface area (Å²) in [4.78, 5) is 42.3. The molecular formula is C22H22FN3O4. The molecule has 1 aliphatic heterocycles. The van der Waals surface area contributed by atoms with Crippen LogP contribution in [0.25, 0.3) is 10.9 Å². The highest BCUT2D eigenvalue weighted by Gasteiger charge is 2.26. The van der Waals surface area contributed by atoms with Crippen LogP contribution in [0.4, 0.5) is 4.39 Å². The summed E-state index contributed by atoms with van der Waals surface area (Å²) in [7, 11) is 0. The van der Waals surface area contributed by atoms with E-state index in [9.17, 15) is 18.8 Å². The number of hydrogen-bond acceptors (Lipinski definition) is 4. The minimum Gasteiger partial charge on any atom is -0.370 e. The number of hydrogen-bond donors (Lipinski definition) is 1. The van der Waals surface area contributed by atoms with E-state index >= 15 is 0 Å². The molecule has 1 N–H and O–H groups in total. The van der Waals surface area contributed by atoms with Gasteiger partial charge < -0.3 is 14.6 Å². The summed E-state index contributed by atoms with van der Waals surface area (Å²) in [6.07, 6.45) is -0.346. The number of H-pyrrole nitrogens is 1. The summed E-state index contributed by atoms with van der Waals surface area (Å²) in [6.45, 7) is 4.62. The standard InChI is InChI=1S/C22H22FN3O4/c1-13(2)26-21(28)17-8-5-15(11-18(17)24-22(26)29)20(27)25-9-10-30-19(12-25)14-3-6-16(23)7-4-14/h3-8,11,13,19H,9-10,12H2,1-2H3,(H,24,29)/t19-/m0/s1. The molecule has 0 bridgehead atoms. The summed E-state index contributed by atoms with van der Waals surface area (Å²) in [5, 5.41) is 0.353. The molecule has 2 aromatic carbocycles. The fourth-order valence-corrected chi connectivity index (χ4v) is 3.73. The van der Waals surface area contributed by atoms with Crippen molar-refractivity contribution in [2.75, 3.05) is 19.7 Å². The Morgan fingerprint density at radius 1 is 1.17 bits per heavy atom. The number of benzene rings is 2. The number of carbonyl (C=O) groups is 1. The van der Waals surface area contributed by atoms with Crippen molar-refractivity contribution >= 4 is 16.8 Å². The molecule has 0 unspecified atom stereocenters. The minimum atomic E-state index is -0.505. The van der Waals surface area contributed by atoms with Gasteiger partial charge in [-0.25, -0.2) is 9.18 Å². The van der Waals surface area contributed by atoms with Crippen molar-refractivity contribution in [1.82, 2.24) is 14.5 Å². The van der Waals surface area contributed by atoms with Gasteiger partial charge in [-0.1, -0.05) is 12.1 Å². The number of rotatable bonds is 3. The van der Waals surface area contributed by atoms with Gasteiger partial charge in [-0.05, 0) is 49.7 Å². The fourth-order valence-electron chi connectivity index (χ4n) is 3.73. The van der Waals surface area contributed by atoms with E-state index in [-0.39, 0.29) is 29.4 Å². The molecule has 0 radical (unpaired) electrons. The number of nitrogens with zero attached hydrogens (tertiary/aromatic N) is 2. The average Bonchev–Trinajstić information content (AvgIpc) is 2.73. The Hall–Kier alpha value is -3.26. The highest BCUT2D eigenvalue weighted by Crippen LogP contribution is 2.24. The number of carbonyl (C=O) groups excluding carboxylic acids is 1. The molecular weight excluding hydrogens is 389 g/mol. The van der Waals surface area contributed by atoms with E-state index in [1.807, 2.05) is 0 Å². The van der Waals surface area contributed by atoms with Gasteiger partial charge in [-0.3, -0.25) is 14.2 Å². The topological polar surface area (TPSA) is 84.4 Å². The van der Waals surface area contributed by atoms with Gasteiger partial charge in [0.1, 0.15) is 11.9 Å². The maximum Gasteiger partial charge on any atom is 0.329 e. The summed E-state index contributed by atoms with van der Waals surface area (Å²) in [6, 6.07) is 10.4. The Kier molecular flexibility index (Phi) is 5.26. The number of amides is 1. The summed E-state index contributed by atoms with van der Waals surface area (Å²) in [5.74, 6) is -0.551. The second kappa shape index (κ2) is 7.87. The Bertz CT molecular complexity index is 1210. The smallest absolute Gasteiger partial charge is 0.329 e. The van der Waals surface area contributed by atoms with E-state index < -0.39 is 5.69 Å². The van der Waals surface area contributed by atoms with Gasteiger partial charge in [0.05, 0.1) is 24.1 Å². The molecule has 3 aromatic rings. The maximum atomic E-state index is 13.2. The average molecular weight is 411 g/mol. The SMILES string of the molecule is CC(C)n1c(=O)[nH]c2cc(C(=O)N3CCO[C@H](c4ccc(F)cc4)C3)ccc2c1=O. The fraction of sp³-hybridized carbons (Fsp3) is 0.318. The third kappa shape index (κ3) is 3.66. The first-order valence-corrected chi connectivity index (χ1v) is 9.80. The van der Waals surface area contributed by atoms with E-state index in [1.54, 1.807) is 43.0 Å². The first-order valence-electron chi connectivity index (χ1n) is 9.80.